The van der Waals surface area contributed by atoms with Gasteiger partial charge in [-0.05, 0) is 17.7 Å². The molecular formula is C21H27FN2O8. The Kier molecular flexibility index (Phi) is 10.3. The predicted octanol–water partition coefficient (Wildman–Crippen LogP) is 0.129. The molecule has 0 spiro atoms. The summed E-state index contributed by atoms with van der Waals surface area (Å²) in [6.45, 7) is 2.57. The minimum absolute atomic E-state index is 0.00853. The first-order chi connectivity index (χ1) is 15.0. The van der Waals surface area contributed by atoms with Gasteiger partial charge in [-0.1, -0.05) is 19.1 Å². The van der Waals surface area contributed by atoms with E-state index in [0.29, 0.717) is 5.56 Å². The summed E-state index contributed by atoms with van der Waals surface area (Å²) in [6.07, 6.45) is -0.00853. The number of methoxy groups -OCH3 is 3. The molecule has 0 heterocycles. The number of esters is 3. The van der Waals surface area contributed by atoms with Crippen LogP contribution in [-0.2, 0) is 44.6 Å². The highest BCUT2D eigenvalue weighted by molar-refractivity contribution is 5.97. The summed E-state index contributed by atoms with van der Waals surface area (Å²) < 4.78 is 27.1. The number of hydrogen-bond donors (Lipinski definition) is 2. The number of nitrogens with one attached hydrogen (secondary N) is 2. The van der Waals surface area contributed by atoms with E-state index in [9.17, 15) is 28.4 Å². The largest absolute Gasteiger partial charge is 0.468 e. The molecule has 176 valence electrons. The molecule has 0 aliphatic carbocycles. The molecule has 0 unspecified atom stereocenters. The third-order valence-electron chi connectivity index (χ3n) is 4.76. The molecule has 11 heteroatoms. The molecule has 3 atom stereocenters. The van der Waals surface area contributed by atoms with Gasteiger partial charge < -0.3 is 24.8 Å². The van der Waals surface area contributed by atoms with Crippen LogP contribution >= 0.6 is 0 Å². The standard InChI is InChI=1S/C21H27FN2O8/c1-11(16(19(27)30-3)20(28)31-4)17(21(29)32-5)24-18(26)15(23-12(2)25)10-13-6-8-14(22)9-7-13/h6-9,11,15-17H,10H2,1-5H3,(H,23,25)(H,24,26)/t11-,15-,17-/m1/s1. The summed E-state index contributed by atoms with van der Waals surface area (Å²) in [4.78, 5) is 61.2. The van der Waals surface area contributed by atoms with Crippen molar-refractivity contribution in [3.05, 3.63) is 35.6 Å². The van der Waals surface area contributed by atoms with Crippen LogP contribution in [0.1, 0.15) is 19.4 Å². The molecule has 1 rings (SSSR count). The van der Waals surface area contributed by atoms with E-state index < -0.39 is 59.5 Å². The molecule has 0 radical (unpaired) electrons. The molecule has 0 bridgehead atoms. The van der Waals surface area contributed by atoms with Crippen LogP contribution in [-0.4, -0.2) is 63.1 Å². The molecule has 0 fully saturated rings. The van der Waals surface area contributed by atoms with Crippen molar-refractivity contribution in [3.63, 3.8) is 0 Å². The summed E-state index contributed by atoms with van der Waals surface area (Å²) in [5.41, 5.74) is 0.546. The van der Waals surface area contributed by atoms with E-state index in [0.717, 1.165) is 21.3 Å². The molecule has 10 nitrogen and oxygen atoms in total. The van der Waals surface area contributed by atoms with Crippen LogP contribution < -0.4 is 10.6 Å². The zero-order valence-electron chi connectivity index (χ0n) is 18.5. The fourth-order valence-corrected chi connectivity index (χ4v) is 3.07. The van der Waals surface area contributed by atoms with Gasteiger partial charge in [0.2, 0.25) is 11.8 Å². The van der Waals surface area contributed by atoms with E-state index in [4.69, 9.17) is 4.74 Å². The van der Waals surface area contributed by atoms with Crippen LogP contribution in [0, 0.1) is 17.7 Å². The lowest BCUT2D eigenvalue weighted by Gasteiger charge is -2.28. The lowest BCUT2D eigenvalue weighted by atomic mass is 9.87. The Morgan fingerprint density at radius 1 is 0.875 bits per heavy atom. The average Bonchev–Trinajstić information content (AvgIpc) is 2.76. The normalized spacial score (nSPS) is 13.3. The third kappa shape index (κ3) is 7.33. The monoisotopic (exact) mass is 454 g/mol. The molecule has 2 N–H and O–H groups in total. The van der Waals surface area contributed by atoms with Crippen LogP contribution in [0.5, 0.6) is 0 Å². The zero-order valence-corrected chi connectivity index (χ0v) is 18.5. The van der Waals surface area contributed by atoms with Crippen molar-refractivity contribution in [1.29, 1.82) is 0 Å². The van der Waals surface area contributed by atoms with E-state index in [1.165, 1.54) is 38.1 Å². The van der Waals surface area contributed by atoms with Gasteiger partial charge in [0.25, 0.3) is 0 Å². The van der Waals surface area contributed by atoms with Gasteiger partial charge in [0.15, 0.2) is 5.92 Å². The summed E-state index contributed by atoms with van der Waals surface area (Å²) in [5, 5.41) is 4.89. The Hall–Kier alpha value is -3.50. The van der Waals surface area contributed by atoms with Gasteiger partial charge >= 0.3 is 17.9 Å². The topological polar surface area (TPSA) is 137 Å². The Labute approximate surface area is 184 Å². The van der Waals surface area contributed by atoms with E-state index in [1.807, 2.05) is 0 Å². The van der Waals surface area contributed by atoms with Gasteiger partial charge in [-0.15, -0.1) is 0 Å². The number of carbonyl (C=O) groups is 5. The molecule has 0 aliphatic rings. The van der Waals surface area contributed by atoms with E-state index >= 15 is 0 Å². The highest BCUT2D eigenvalue weighted by Gasteiger charge is 2.43. The Balaban J connectivity index is 3.19. The molecule has 0 saturated carbocycles. The van der Waals surface area contributed by atoms with E-state index in [-0.39, 0.29) is 6.42 Å². The predicted molar refractivity (Wildman–Crippen MR) is 108 cm³/mol. The average molecular weight is 454 g/mol. The Morgan fingerprint density at radius 3 is 1.81 bits per heavy atom. The maximum Gasteiger partial charge on any atom is 0.328 e. The molecule has 1 aromatic carbocycles. The number of ether oxygens (including phenoxy) is 3. The fraction of sp³-hybridized carbons (Fsp3) is 0.476. The first kappa shape index (κ1) is 26.5. The zero-order chi connectivity index (χ0) is 24.4. The van der Waals surface area contributed by atoms with Crippen molar-refractivity contribution in [3.8, 4) is 0 Å². The first-order valence-electron chi connectivity index (χ1n) is 9.61. The van der Waals surface area contributed by atoms with Gasteiger partial charge in [-0.3, -0.25) is 19.2 Å². The van der Waals surface area contributed by atoms with Crippen molar-refractivity contribution >= 4 is 29.7 Å². The number of amides is 2. The second-order valence-electron chi connectivity index (χ2n) is 6.98. The van der Waals surface area contributed by atoms with Crippen LogP contribution in [0.2, 0.25) is 0 Å². The van der Waals surface area contributed by atoms with E-state index in [1.54, 1.807) is 0 Å². The van der Waals surface area contributed by atoms with Crippen LogP contribution in [0.3, 0.4) is 0 Å². The molecule has 0 aromatic heterocycles. The van der Waals surface area contributed by atoms with Crippen molar-refractivity contribution in [1.82, 2.24) is 10.6 Å². The maximum absolute atomic E-state index is 13.2. The van der Waals surface area contributed by atoms with Gasteiger partial charge in [0.1, 0.15) is 17.9 Å². The number of halogens is 1. The van der Waals surface area contributed by atoms with Crippen molar-refractivity contribution in [2.75, 3.05) is 21.3 Å². The lowest BCUT2D eigenvalue weighted by molar-refractivity contribution is -0.163. The minimum atomic E-state index is -1.52. The molecule has 1 aromatic rings. The smallest absolute Gasteiger partial charge is 0.328 e. The summed E-state index contributed by atoms with van der Waals surface area (Å²) in [5.74, 6) is -7.25. The van der Waals surface area contributed by atoms with Gasteiger partial charge in [0.05, 0.1) is 21.3 Å². The molecular weight excluding hydrogens is 427 g/mol. The minimum Gasteiger partial charge on any atom is -0.468 e. The first-order valence-corrected chi connectivity index (χ1v) is 9.61. The number of hydrogen-bond acceptors (Lipinski definition) is 8. The molecule has 0 aliphatic heterocycles. The lowest BCUT2D eigenvalue weighted by Crippen LogP contribution is -2.56. The summed E-state index contributed by atoms with van der Waals surface area (Å²) in [7, 11) is 3.20. The quantitative estimate of drug-likeness (QED) is 0.289. The highest BCUT2D eigenvalue weighted by atomic mass is 19.1. The van der Waals surface area contributed by atoms with Crippen molar-refractivity contribution < 1.29 is 42.6 Å². The second-order valence-corrected chi connectivity index (χ2v) is 6.98. The molecule has 0 saturated heterocycles. The van der Waals surface area contributed by atoms with Crippen LogP contribution in [0.4, 0.5) is 4.39 Å². The maximum atomic E-state index is 13.2. The van der Waals surface area contributed by atoms with Crippen molar-refractivity contribution in [2.45, 2.75) is 32.4 Å². The third-order valence-corrected chi connectivity index (χ3v) is 4.76. The van der Waals surface area contributed by atoms with Gasteiger partial charge in [0, 0.05) is 19.3 Å². The van der Waals surface area contributed by atoms with Crippen LogP contribution in [0.15, 0.2) is 24.3 Å². The van der Waals surface area contributed by atoms with E-state index in [2.05, 4.69) is 20.1 Å². The Bertz CT molecular complexity index is 827. The summed E-state index contributed by atoms with van der Waals surface area (Å²) >= 11 is 0. The highest BCUT2D eigenvalue weighted by Crippen LogP contribution is 2.21. The van der Waals surface area contributed by atoms with Gasteiger partial charge in [-0.25, -0.2) is 9.18 Å². The molecule has 2 amide bonds. The Morgan fingerprint density at radius 2 is 1.38 bits per heavy atom. The van der Waals surface area contributed by atoms with Crippen LogP contribution in [0.25, 0.3) is 0 Å². The molecule has 32 heavy (non-hydrogen) atoms. The summed E-state index contributed by atoms with van der Waals surface area (Å²) in [6, 6.07) is 2.72. The second kappa shape index (κ2) is 12.4. The number of carbonyl (C=O) groups excluding carboxylic acids is 5. The van der Waals surface area contributed by atoms with Crippen molar-refractivity contribution in [2.24, 2.45) is 11.8 Å². The number of rotatable bonds is 10. The SMILES string of the molecule is COC(=O)C(C(=O)OC)[C@@H](C)[C@@H](NC(=O)[C@@H](Cc1ccc(F)cc1)NC(C)=O)C(=O)OC. The van der Waals surface area contributed by atoms with Gasteiger partial charge in [-0.2, -0.15) is 0 Å². The number of benzene rings is 1. The fourth-order valence-electron chi connectivity index (χ4n) is 3.07.